The number of guanidine groups is 1. The molecule has 9 heteroatoms. The average molecular weight is 435 g/mol. The molecule has 0 aromatic carbocycles. The minimum absolute atomic E-state index is 0.426. The first-order valence-electron chi connectivity index (χ1n) is 9.59. The molecule has 0 aliphatic rings. The van der Waals surface area contributed by atoms with Crippen LogP contribution in [0.3, 0.4) is 0 Å². The normalized spacial score (nSPS) is 12.6. The van der Waals surface area contributed by atoms with Crippen LogP contribution in [0.2, 0.25) is 0 Å². The van der Waals surface area contributed by atoms with Crippen LogP contribution in [0.4, 0.5) is 0 Å². The zero-order valence-electron chi connectivity index (χ0n) is 17.0. The van der Waals surface area contributed by atoms with Gasteiger partial charge in [0, 0.05) is 37.6 Å². The Morgan fingerprint density at radius 2 is 1.93 bits per heavy atom. The highest BCUT2D eigenvalue weighted by molar-refractivity contribution is 7.98. The van der Waals surface area contributed by atoms with Gasteiger partial charge in [-0.15, -0.1) is 11.3 Å². The van der Waals surface area contributed by atoms with E-state index in [1.807, 2.05) is 31.7 Å². The number of aliphatic imine (C=N–C) groups is 1. The molecule has 0 atom stereocenters. The van der Waals surface area contributed by atoms with Crippen LogP contribution in [0.1, 0.15) is 38.5 Å². The van der Waals surface area contributed by atoms with E-state index in [9.17, 15) is 8.42 Å². The second kappa shape index (κ2) is 13.4. The van der Waals surface area contributed by atoms with Crippen molar-refractivity contribution in [3.63, 3.8) is 0 Å². The predicted octanol–water partition coefficient (Wildman–Crippen LogP) is 3.02. The summed E-state index contributed by atoms with van der Waals surface area (Å²) in [6, 6.07) is 3.63. The van der Waals surface area contributed by atoms with Crippen LogP contribution in [0, 0.1) is 0 Å². The van der Waals surface area contributed by atoms with Crippen molar-refractivity contribution in [3.8, 4) is 0 Å². The van der Waals surface area contributed by atoms with Gasteiger partial charge in [0.1, 0.15) is 4.21 Å². The van der Waals surface area contributed by atoms with Gasteiger partial charge in [0.25, 0.3) is 10.0 Å². The lowest BCUT2D eigenvalue weighted by atomic mass is 10.3. The van der Waals surface area contributed by atoms with Gasteiger partial charge in [0.2, 0.25) is 0 Å². The van der Waals surface area contributed by atoms with Crippen molar-refractivity contribution in [1.29, 1.82) is 0 Å². The van der Waals surface area contributed by atoms with Gasteiger partial charge in [-0.25, -0.2) is 8.42 Å². The molecule has 0 saturated heterocycles. The van der Waals surface area contributed by atoms with Gasteiger partial charge >= 0.3 is 0 Å². The molecule has 0 spiro atoms. The van der Waals surface area contributed by atoms with Gasteiger partial charge in [-0.1, -0.05) is 13.8 Å². The molecule has 0 bridgehead atoms. The highest BCUT2D eigenvalue weighted by atomic mass is 32.2. The smallest absolute Gasteiger partial charge is 0.252 e. The van der Waals surface area contributed by atoms with Crippen LogP contribution in [0.5, 0.6) is 0 Å². The molecule has 1 heterocycles. The van der Waals surface area contributed by atoms with E-state index in [0.717, 1.165) is 43.3 Å². The summed E-state index contributed by atoms with van der Waals surface area (Å²) in [5, 5.41) is 6.59. The van der Waals surface area contributed by atoms with Crippen molar-refractivity contribution in [2.75, 3.05) is 44.7 Å². The van der Waals surface area contributed by atoms with Crippen LogP contribution >= 0.6 is 23.1 Å². The van der Waals surface area contributed by atoms with E-state index in [4.69, 9.17) is 0 Å². The molecular weight excluding hydrogens is 400 g/mol. The number of rotatable bonds is 13. The van der Waals surface area contributed by atoms with E-state index < -0.39 is 10.0 Å². The quantitative estimate of drug-likeness (QED) is 0.284. The van der Waals surface area contributed by atoms with Crippen LogP contribution < -0.4 is 10.6 Å². The monoisotopic (exact) mass is 434 g/mol. The predicted molar refractivity (Wildman–Crippen MR) is 120 cm³/mol. The molecule has 0 aliphatic heterocycles. The molecule has 0 aliphatic carbocycles. The summed E-state index contributed by atoms with van der Waals surface area (Å²) in [7, 11) is -3.36. The Labute approximate surface area is 173 Å². The molecule has 1 aromatic rings. The zero-order chi connectivity index (χ0) is 20.1. The minimum atomic E-state index is -3.36. The van der Waals surface area contributed by atoms with Crippen molar-refractivity contribution in [3.05, 3.63) is 17.0 Å². The summed E-state index contributed by atoms with van der Waals surface area (Å²) < 4.78 is 27.0. The van der Waals surface area contributed by atoms with E-state index in [2.05, 4.69) is 28.8 Å². The summed E-state index contributed by atoms with van der Waals surface area (Å²) >= 11 is 3.22. The topological polar surface area (TPSA) is 73.8 Å². The Morgan fingerprint density at radius 3 is 2.56 bits per heavy atom. The lowest BCUT2D eigenvalue weighted by Crippen LogP contribution is -2.38. The molecule has 156 valence electrons. The molecule has 0 fully saturated rings. The Hall–Kier alpha value is -0.770. The van der Waals surface area contributed by atoms with E-state index in [1.54, 1.807) is 6.07 Å². The van der Waals surface area contributed by atoms with Crippen LogP contribution in [-0.2, 0) is 16.4 Å². The maximum Gasteiger partial charge on any atom is 0.252 e. The standard InChI is InChI=1S/C18H34N4O2S3/c1-5-19-18(20-13-8-9-15-25-4)21-14-12-16-10-11-17(26-16)27(23,24)22(6-2)7-3/h10-11H,5-9,12-15H2,1-4H3,(H2,19,20,21). The van der Waals surface area contributed by atoms with Gasteiger partial charge in [-0.05, 0) is 50.3 Å². The molecular formula is C18H34N4O2S3. The molecule has 0 radical (unpaired) electrons. The van der Waals surface area contributed by atoms with E-state index in [-0.39, 0.29) is 0 Å². The van der Waals surface area contributed by atoms with E-state index in [0.29, 0.717) is 17.3 Å². The summed E-state index contributed by atoms with van der Waals surface area (Å²) in [5.41, 5.74) is 0. The fourth-order valence-electron chi connectivity index (χ4n) is 2.52. The van der Waals surface area contributed by atoms with Crippen molar-refractivity contribution in [1.82, 2.24) is 14.9 Å². The SMILES string of the molecule is CCNC(=NCCCCSC)NCCc1ccc(S(=O)(=O)N(CC)CC)s1. The number of sulfonamides is 1. The fourth-order valence-corrected chi connectivity index (χ4v) is 5.98. The molecule has 1 aromatic heterocycles. The largest absolute Gasteiger partial charge is 0.357 e. The first-order valence-corrected chi connectivity index (χ1v) is 13.2. The van der Waals surface area contributed by atoms with Crippen molar-refractivity contribution < 1.29 is 8.42 Å². The van der Waals surface area contributed by atoms with Crippen LogP contribution in [0.15, 0.2) is 21.3 Å². The van der Waals surface area contributed by atoms with Crippen molar-refractivity contribution >= 4 is 39.1 Å². The molecule has 27 heavy (non-hydrogen) atoms. The third-order valence-electron chi connectivity index (χ3n) is 3.97. The van der Waals surface area contributed by atoms with Gasteiger partial charge < -0.3 is 10.6 Å². The highest BCUT2D eigenvalue weighted by Gasteiger charge is 2.23. The second-order valence-electron chi connectivity index (χ2n) is 5.95. The number of thiophene rings is 1. The first kappa shape index (κ1) is 24.3. The molecule has 6 nitrogen and oxygen atoms in total. The molecule has 2 N–H and O–H groups in total. The fraction of sp³-hybridized carbons (Fsp3) is 0.722. The zero-order valence-corrected chi connectivity index (χ0v) is 19.4. The van der Waals surface area contributed by atoms with Crippen LogP contribution in [0.25, 0.3) is 0 Å². The van der Waals surface area contributed by atoms with Crippen LogP contribution in [-0.4, -0.2) is 63.4 Å². The maximum absolute atomic E-state index is 12.6. The highest BCUT2D eigenvalue weighted by Crippen LogP contribution is 2.25. The number of nitrogens with zero attached hydrogens (tertiary/aromatic N) is 2. The Bertz CT molecular complexity index is 655. The number of nitrogens with one attached hydrogen (secondary N) is 2. The summed E-state index contributed by atoms with van der Waals surface area (Å²) in [6.07, 6.45) is 5.17. The van der Waals surface area contributed by atoms with E-state index in [1.165, 1.54) is 27.8 Å². The maximum atomic E-state index is 12.6. The third kappa shape index (κ3) is 8.41. The van der Waals surface area contributed by atoms with E-state index >= 15 is 0 Å². The number of hydrogen-bond acceptors (Lipinski definition) is 5. The van der Waals surface area contributed by atoms with Crippen molar-refractivity contribution in [2.24, 2.45) is 4.99 Å². The summed E-state index contributed by atoms with van der Waals surface area (Å²) in [5.74, 6) is 2.01. The van der Waals surface area contributed by atoms with Gasteiger partial charge in [0.05, 0.1) is 0 Å². The molecule has 1 rings (SSSR count). The second-order valence-corrected chi connectivity index (χ2v) is 10.3. The summed E-state index contributed by atoms with van der Waals surface area (Å²) in [6.45, 7) is 9.13. The molecule has 0 saturated carbocycles. The lowest BCUT2D eigenvalue weighted by molar-refractivity contribution is 0.447. The lowest BCUT2D eigenvalue weighted by Gasteiger charge is -2.16. The van der Waals surface area contributed by atoms with Crippen molar-refractivity contribution in [2.45, 2.75) is 44.2 Å². The number of thioether (sulfide) groups is 1. The summed E-state index contributed by atoms with van der Waals surface area (Å²) in [4.78, 5) is 5.65. The van der Waals surface area contributed by atoms with Gasteiger partial charge in [-0.3, -0.25) is 4.99 Å². The third-order valence-corrected chi connectivity index (χ3v) is 8.33. The number of hydrogen-bond donors (Lipinski definition) is 2. The van der Waals surface area contributed by atoms with Gasteiger partial charge in [0.15, 0.2) is 5.96 Å². The Kier molecular flexibility index (Phi) is 12.1. The minimum Gasteiger partial charge on any atom is -0.357 e. The number of unbranched alkanes of at least 4 members (excludes halogenated alkanes) is 1. The Morgan fingerprint density at radius 1 is 1.19 bits per heavy atom. The first-order chi connectivity index (χ1) is 13.0. The molecule has 0 amide bonds. The van der Waals surface area contributed by atoms with Gasteiger partial charge in [-0.2, -0.15) is 16.1 Å². The average Bonchev–Trinajstić information content (AvgIpc) is 3.12. The Balaban J connectivity index is 2.55. The molecule has 0 unspecified atom stereocenters.